The highest BCUT2D eigenvalue weighted by molar-refractivity contribution is 7.15. The standard InChI is InChI=1S/C7H11N3S.ClH/c1-10-3-2-5-6(4-10)11-7(8)9-5;/h2-4H2,1H3,(H2,8,9);1H. The quantitative estimate of drug-likeness (QED) is 0.691. The van der Waals surface area contributed by atoms with Crippen molar-refractivity contribution < 1.29 is 0 Å². The number of anilines is 1. The summed E-state index contributed by atoms with van der Waals surface area (Å²) in [5.74, 6) is 0. The molecule has 0 spiro atoms. The zero-order valence-corrected chi connectivity index (χ0v) is 8.54. The van der Waals surface area contributed by atoms with E-state index in [1.165, 1.54) is 10.6 Å². The molecule has 2 N–H and O–H groups in total. The molecule has 0 saturated heterocycles. The third kappa shape index (κ3) is 1.71. The van der Waals surface area contributed by atoms with Crippen LogP contribution in [0.5, 0.6) is 0 Å². The topological polar surface area (TPSA) is 42.2 Å². The number of nitrogen functional groups attached to an aromatic ring is 1. The Hall–Kier alpha value is -0.320. The van der Waals surface area contributed by atoms with Crippen molar-refractivity contribution in [1.29, 1.82) is 0 Å². The fourth-order valence-electron chi connectivity index (χ4n) is 1.34. The third-order valence-corrected chi connectivity index (χ3v) is 2.85. The maximum absolute atomic E-state index is 5.59. The zero-order chi connectivity index (χ0) is 7.84. The van der Waals surface area contributed by atoms with Gasteiger partial charge >= 0.3 is 0 Å². The Bertz CT molecular complexity index is 274. The summed E-state index contributed by atoms with van der Waals surface area (Å²) in [5.41, 5.74) is 6.81. The predicted octanol–water partition coefficient (Wildman–Crippen LogP) is 1.14. The van der Waals surface area contributed by atoms with E-state index in [0.29, 0.717) is 5.13 Å². The van der Waals surface area contributed by atoms with Gasteiger partial charge in [0.2, 0.25) is 0 Å². The molecule has 0 aromatic carbocycles. The average molecular weight is 206 g/mol. The lowest BCUT2D eigenvalue weighted by molar-refractivity contribution is 0.314. The monoisotopic (exact) mass is 205 g/mol. The van der Waals surface area contributed by atoms with Crippen molar-refractivity contribution in [2.75, 3.05) is 19.3 Å². The second-order valence-electron chi connectivity index (χ2n) is 2.91. The van der Waals surface area contributed by atoms with Gasteiger partial charge in [0.05, 0.1) is 5.69 Å². The maximum Gasteiger partial charge on any atom is 0.180 e. The molecule has 0 unspecified atom stereocenters. The molecule has 0 bridgehead atoms. The summed E-state index contributed by atoms with van der Waals surface area (Å²) in [4.78, 5) is 7.89. The van der Waals surface area contributed by atoms with Crippen LogP contribution < -0.4 is 5.73 Å². The van der Waals surface area contributed by atoms with Gasteiger partial charge in [-0.15, -0.1) is 23.7 Å². The van der Waals surface area contributed by atoms with Crippen molar-refractivity contribution in [2.45, 2.75) is 13.0 Å². The van der Waals surface area contributed by atoms with Crippen LogP contribution in [0.15, 0.2) is 0 Å². The first-order chi connectivity index (χ1) is 5.25. The first kappa shape index (κ1) is 9.77. The Balaban J connectivity index is 0.000000720. The van der Waals surface area contributed by atoms with Gasteiger partial charge in [0.15, 0.2) is 5.13 Å². The highest BCUT2D eigenvalue weighted by Gasteiger charge is 2.16. The summed E-state index contributed by atoms with van der Waals surface area (Å²) in [7, 11) is 2.12. The number of halogens is 1. The van der Waals surface area contributed by atoms with Crippen LogP contribution in [0.1, 0.15) is 10.6 Å². The van der Waals surface area contributed by atoms with Gasteiger partial charge in [-0.25, -0.2) is 4.98 Å². The summed E-state index contributed by atoms with van der Waals surface area (Å²) < 4.78 is 0. The number of nitrogens with two attached hydrogens (primary N) is 1. The van der Waals surface area contributed by atoms with Gasteiger partial charge in [0.1, 0.15) is 0 Å². The molecule has 12 heavy (non-hydrogen) atoms. The van der Waals surface area contributed by atoms with Crippen molar-refractivity contribution in [1.82, 2.24) is 9.88 Å². The lowest BCUT2D eigenvalue weighted by Gasteiger charge is -2.20. The van der Waals surface area contributed by atoms with Gasteiger partial charge in [-0.3, -0.25) is 0 Å². The molecule has 1 aliphatic heterocycles. The second kappa shape index (κ2) is 3.60. The molecule has 0 radical (unpaired) electrons. The molecule has 1 aromatic rings. The number of likely N-dealkylation sites (N-methyl/N-ethyl adjacent to an activating group) is 1. The molecule has 0 amide bonds. The van der Waals surface area contributed by atoms with Crippen molar-refractivity contribution in [3.8, 4) is 0 Å². The first-order valence-electron chi connectivity index (χ1n) is 3.68. The van der Waals surface area contributed by atoms with E-state index in [0.717, 1.165) is 19.5 Å². The lowest BCUT2D eigenvalue weighted by Crippen LogP contribution is -2.25. The van der Waals surface area contributed by atoms with Crippen LogP contribution in [-0.4, -0.2) is 23.5 Å². The predicted molar refractivity (Wildman–Crippen MR) is 53.8 cm³/mol. The van der Waals surface area contributed by atoms with Crippen molar-refractivity contribution in [3.05, 3.63) is 10.6 Å². The van der Waals surface area contributed by atoms with Crippen LogP contribution >= 0.6 is 23.7 Å². The van der Waals surface area contributed by atoms with Crippen LogP contribution in [0.3, 0.4) is 0 Å². The molecular weight excluding hydrogens is 194 g/mol. The average Bonchev–Trinajstić information content (AvgIpc) is 2.27. The van der Waals surface area contributed by atoms with Crippen molar-refractivity contribution in [3.63, 3.8) is 0 Å². The van der Waals surface area contributed by atoms with Crippen LogP contribution in [0.4, 0.5) is 5.13 Å². The number of fused-ring (bicyclic) bond motifs is 1. The SMILES string of the molecule is CN1CCc2nc(N)sc2C1.Cl. The van der Waals surface area contributed by atoms with Gasteiger partial charge < -0.3 is 10.6 Å². The number of thiazole rings is 1. The third-order valence-electron chi connectivity index (χ3n) is 1.94. The minimum Gasteiger partial charge on any atom is -0.375 e. The molecule has 5 heteroatoms. The minimum atomic E-state index is 0. The first-order valence-corrected chi connectivity index (χ1v) is 4.50. The van der Waals surface area contributed by atoms with Crippen molar-refractivity contribution in [2.24, 2.45) is 0 Å². The minimum absolute atomic E-state index is 0. The Morgan fingerprint density at radius 2 is 2.33 bits per heavy atom. The van der Waals surface area contributed by atoms with E-state index >= 15 is 0 Å². The second-order valence-corrected chi connectivity index (χ2v) is 4.02. The Morgan fingerprint density at radius 1 is 1.58 bits per heavy atom. The zero-order valence-electron chi connectivity index (χ0n) is 6.91. The van der Waals surface area contributed by atoms with Gasteiger partial charge in [-0.1, -0.05) is 0 Å². The molecule has 1 aliphatic rings. The van der Waals surface area contributed by atoms with E-state index in [2.05, 4.69) is 16.9 Å². The molecule has 0 saturated carbocycles. The van der Waals surface area contributed by atoms with E-state index in [-0.39, 0.29) is 12.4 Å². The number of hydrogen-bond acceptors (Lipinski definition) is 4. The van der Waals surface area contributed by atoms with Crippen molar-refractivity contribution >= 4 is 28.9 Å². The summed E-state index contributed by atoms with van der Waals surface area (Å²) in [6.07, 6.45) is 1.06. The fourth-order valence-corrected chi connectivity index (χ4v) is 2.30. The summed E-state index contributed by atoms with van der Waals surface area (Å²) in [6, 6.07) is 0. The van der Waals surface area contributed by atoms with Gasteiger partial charge in [-0.05, 0) is 7.05 Å². The summed E-state index contributed by atoms with van der Waals surface area (Å²) in [5, 5.41) is 0.713. The van der Waals surface area contributed by atoms with Crippen LogP contribution in [0, 0.1) is 0 Å². The van der Waals surface area contributed by atoms with Gasteiger partial charge in [0, 0.05) is 24.4 Å². The molecule has 0 aliphatic carbocycles. The van der Waals surface area contributed by atoms with E-state index in [1.54, 1.807) is 11.3 Å². The van der Waals surface area contributed by atoms with Gasteiger partial charge in [-0.2, -0.15) is 0 Å². The van der Waals surface area contributed by atoms with Crippen LogP contribution in [-0.2, 0) is 13.0 Å². The molecule has 2 rings (SSSR count). The number of hydrogen-bond donors (Lipinski definition) is 1. The number of aromatic nitrogens is 1. The molecule has 2 heterocycles. The largest absolute Gasteiger partial charge is 0.375 e. The summed E-state index contributed by atoms with van der Waals surface area (Å²) >= 11 is 1.62. The molecule has 0 fully saturated rings. The fraction of sp³-hybridized carbons (Fsp3) is 0.571. The highest BCUT2D eigenvalue weighted by atomic mass is 35.5. The highest BCUT2D eigenvalue weighted by Crippen LogP contribution is 2.25. The van der Waals surface area contributed by atoms with Crippen LogP contribution in [0.25, 0.3) is 0 Å². The molecular formula is C7H12ClN3S. The number of nitrogens with zero attached hydrogens (tertiary/aromatic N) is 2. The normalized spacial score (nSPS) is 16.8. The Labute approximate surface area is 82.0 Å². The van der Waals surface area contributed by atoms with E-state index in [9.17, 15) is 0 Å². The Morgan fingerprint density at radius 3 is 3.08 bits per heavy atom. The molecule has 1 aromatic heterocycles. The van der Waals surface area contributed by atoms with E-state index < -0.39 is 0 Å². The Kier molecular flexibility index (Phi) is 2.93. The smallest absolute Gasteiger partial charge is 0.180 e. The molecule has 0 atom stereocenters. The van der Waals surface area contributed by atoms with Crippen LogP contribution in [0.2, 0.25) is 0 Å². The lowest BCUT2D eigenvalue weighted by atomic mass is 10.2. The maximum atomic E-state index is 5.59. The molecule has 3 nitrogen and oxygen atoms in total. The molecule has 68 valence electrons. The van der Waals surface area contributed by atoms with E-state index in [4.69, 9.17) is 5.73 Å². The van der Waals surface area contributed by atoms with E-state index in [1.807, 2.05) is 0 Å². The van der Waals surface area contributed by atoms with Gasteiger partial charge in [0.25, 0.3) is 0 Å². The summed E-state index contributed by atoms with van der Waals surface area (Å²) in [6.45, 7) is 2.13. The number of rotatable bonds is 0.